The third-order valence-electron chi connectivity index (χ3n) is 3.68. The Bertz CT molecular complexity index is 707. The van der Waals surface area contributed by atoms with Gasteiger partial charge in [-0.05, 0) is 18.9 Å². The van der Waals surface area contributed by atoms with Gasteiger partial charge in [-0.2, -0.15) is 13.2 Å². The summed E-state index contributed by atoms with van der Waals surface area (Å²) >= 11 is 1.73. The lowest BCUT2D eigenvalue weighted by atomic mass is 10.1. The molecule has 0 aliphatic carbocycles. The molecule has 1 aliphatic heterocycles. The van der Waals surface area contributed by atoms with Crippen molar-refractivity contribution in [1.82, 2.24) is 19.9 Å². The number of hydrogen-bond acceptors (Lipinski definition) is 6. The fourth-order valence-corrected chi connectivity index (χ4v) is 3.07. The Hall–Kier alpha value is -2.07. The van der Waals surface area contributed by atoms with Crippen LogP contribution in [-0.2, 0) is 24.2 Å². The smallest absolute Gasteiger partial charge is 0.475 e. The number of halogens is 3. The van der Waals surface area contributed by atoms with Gasteiger partial charge in [-0.1, -0.05) is 0 Å². The van der Waals surface area contributed by atoms with Crippen molar-refractivity contribution in [2.24, 2.45) is 0 Å². The van der Waals surface area contributed by atoms with Crippen LogP contribution in [0.4, 0.5) is 13.2 Å². The van der Waals surface area contributed by atoms with E-state index in [0.717, 1.165) is 38.2 Å². The van der Waals surface area contributed by atoms with E-state index >= 15 is 0 Å². The minimum Gasteiger partial charge on any atom is -0.475 e. The first-order valence-electron chi connectivity index (χ1n) is 7.47. The zero-order valence-electron chi connectivity index (χ0n) is 13.5. The Kier molecular flexibility index (Phi) is 6.43. The number of alkyl halides is 3. The summed E-state index contributed by atoms with van der Waals surface area (Å²) in [7, 11) is 0. The molecule has 0 saturated carbocycles. The number of carboxylic acid groups (broad SMARTS) is 1. The van der Waals surface area contributed by atoms with Gasteiger partial charge in [0.15, 0.2) is 0 Å². The van der Waals surface area contributed by atoms with E-state index in [2.05, 4.69) is 26.8 Å². The van der Waals surface area contributed by atoms with Gasteiger partial charge in [-0.25, -0.2) is 19.7 Å². The highest BCUT2D eigenvalue weighted by molar-refractivity contribution is 7.09. The van der Waals surface area contributed by atoms with E-state index in [4.69, 9.17) is 9.90 Å². The quantitative estimate of drug-likeness (QED) is 0.870. The van der Waals surface area contributed by atoms with Crippen molar-refractivity contribution in [1.29, 1.82) is 0 Å². The summed E-state index contributed by atoms with van der Waals surface area (Å²) in [5, 5.41) is 10.4. The van der Waals surface area contributed by atoms with Crippen LogP contribution >= 0.6 is 11.3 Å². The Morgan fingerprint density at radius 2 is 1.96 bits per heavy atom. The molecule has 3 heterocycles. The van der Waals surface area contributed by atoms with Gasteiger partial charge < -0.3 is 5.11 Å². The molecule has 0 aromatic carbocycles. The predicted molar refractivity (Wildman–Crippen MR) is 85.3 cm³/mol. The van der Waals surface area contributed by atoms with Crippen molar-refractivity contribution in [3.05, 3.63) is 39.9 Å². The highest BCUT2D eigenvalue weighted by atomic mass is 32.1. The Morgan fingerprint density at radius 3 is 2.56 bits per heavy atom. The van der Waals surface area contributed by atoms with Gasteiger partial charge in [0, 0.05) is 42.5 Å². The van der Waals surface area contributed by atoms with Crippen LogP contribution in [0.3, 0.4) is 0 Å². The van der Waals surface area contributed by atoms with Gasteiger partial charge in [0.25, 0.3) is 0 Å². The minimum atomic E-state index is -5.08. The molecule has 0 bridgehead atoms. The molecule has 0 radical (unpaired) electrons. The van der Waals surface area contributed by atoms with Crippen LogP contribution in [0.15, 0.2) is 17.9 Å². The van der Waals surface area contributed by atoms with Crippen molar-refractivity contribution in [2.75, 3.05) is 13.1 Å². The Morgan fingerprint density at radius 1 is 1.28 bits per heavy atom. The molecule has 0 saturated heterocycles. The van der Waals surface area contributed by atoms with E-state index in [0.29, 0.717) is 0 Å². The number of aryl methyl sites for hydroxylation is 1. The van der Waals surface area contributed by atoms with Crippen molar-refractivity contribution < 1.29 is 23.1 Å². The van der Waals surface area contributed by atoms with Gasteiger partial charge in [0.1, 0.15) is 11.3 Å². The fourth-order valence-electron chi connectivity index (χ4n) is 2.42. The lowest BCUT2D eigenvalue weighted by Crippen LogP contribution is -2.25. The molecule has 1 N–H and O–H groups in total. The molecule has 0 amide bonds. The van der Waals surface area contributed by atoms with Gasteiger partial charge in [0.05, 0.1) is 6.54 Å². The number of fused-ring (bicyclic) bond motifs is 1. The second kappa shape index (κ2) is 8.34. The molecule has 0 unspecified atom stereocenters. The number of aliphatic carboxylic acids is 1. The van der Waals surface area contributed by atoms with Gasteiger partial charge in [0.2, 0.25) is 0 Å². The minimum absolute atomic E-state index is 0.956. The second-order valence-electron chi connectivity index (χ2n) is 5.39. The number of carboxylic acids is 1. The molecule has 25 heavy (non-hydrogen) atoms. The van der Waals surface area contributed by atoms with Gasteiger partial charge in [-0.15, -0.1) is 11.3 Å². The van der Waals surface area contributed by atoms with Crippen molar-refractivity contribution in [2.45, 2.75) is 32.5 Å². The highest BCUT2D eigenvalue weighted by Gasteiger charge is 2.38. The van der Waals surface area contributed by atoms with Gasteiger partial charge in [-0.3, -0.25) is 4.90 Å². The maximum atomic E-state index is 10.6. The topological polar surface area (TPSA) is 79.2 Å². The molecule has 2 aromatic heterocycles. The molecule has 136 valence electrons. The average Bonchev–Trinajstić information content (AvgIpc) is 2.95. The lowest BCUT2D eigenvalue weighted by molar-refractivity contribution is -0.192. The maximum Gasteiger partial charge on any atom is 0.490 e. The molecule has 1 aliphatic rings. The summed E-state index contributed by atoms with van der Waals surface area (Å²) in [6, 6.07) is 0. The van der Waals surface area contributed by atoms with Crippen molar-refractivity contribution in [3.8, 4) is 0 Å². The standard InChI is InChI=1S/C13H16N4S.C2HF3O2/c1-10-11-2-5-17(8-13-14-4-7-18-13)6-3-12(11)16-9-15-10;3-2(4,5)1(6)7/h4,7,9H,2-3,5-6,8H2,1H3;(H,6,7). The van der Waals surface area contributed by atoms with Crippen LogP contribution in [-0.4, -0.2) is 50.2 Å². The van der Waals surface area contributed by atoms with E-state index < -0.39 is 12.1 Å². The van der Waals surface area contributed by atoms with Crippen LogP contribution in [0, 0.1) is 6.92 Å². The number of rotatable bonds is 2. The van der Waals surface area contributed by atoms with Crippen molar-refractivity contribution >= 4 is 17.3 Å². The lowest BCUT2D eigenvalue weighted by Gasteiger charge is -2.17. The normalized spacial score (nSPS) is 14.9. The maximum absolute atomic E-state index is 10.6. The number of nitrogens with zero attached hydrogens (tertiary/aromatic N) is 4. The molecule has 6 nitrogen and oxygen atoms in total. The van der Waals surface area contributed by atoms with E-state index in [1.54, 1.807) is 17.7 Å². The summed E-state index contributed by atoms with van der Waals surface area (Å²) in [5.41, 5.74) is 3.71. The van der Waals surface area contributed by atoms with Gasteiger partial charge >= 0.3 is 12.1 Å². The van der Waals surface area contributed by atoms with E-state index in [1.165, 1.54) is 16.3 Å². The first kappa shape index (κ1) is 19.3. The van der Waals surface area contributed by atoms with Crippen LogP contribution in [0.1, 0.15) is 22.0 Å². The predicted octanol–water partition coefficient (Wildman–Crippen LogP) is 2.48. The van der Waals surface area contributed by atoms with Crippen LogP contribution in [0.25, 0.3) is 0 Å². The Labute approximate surface area is 146 Å². The van der Waals surface area contributed by atoms with E-state index in [-0.39, 0.29) is 0 Å². The molecular formula is C15H17F3N4O2S. The number of thiazole rings is 1. The largest absolute Gasteiger partial charge is 0.490 e. The second-order valence-corrected chi connectivity index (χ2v) is 6.37. The third-order valence-corrected chi connectivity index (χ3v) is 4.44. The highest BCUT2D eigenvalue weighted by Crippen LogP contribution is 2.18. The average molecular weight is 374 g/mol. The summed E-state index contributed by atoms with van der Waals surface area (Å²) in [5.74, 6) is -2.76. The summed E-state index contributed by atoms with van der Waals surface area (Å²) < 4.78 is 31.7. The summed E-state index contributed by atoms with van der Waals surface area (Å²) in [6.07, 6.45) is 0.546. The SMILES string of the molecule is Cc1ncnc2c1CCN(Cc1nccs1)CC2.O=C(O)C(F)(F)F. The molecular weight excluding hydrogens is 357 g/mol. The van der Waals surface area contributed by atoms with E-state index in [1.807, 2.05) is 11.6 Å². The number of aromatic nitrogens is 3. The number of carbonyl (C=O) groups is 1. The zero-order valence-corrected chi connectivity index (χ0v) is 14.3. The molecule has 2 aromatic rings. The van der Waals surface area contributed by atoms with Crippen LogP contribution in [0.5, 0.6) is 0 Å². The summed E-state index contributed by atoms with van der Waals surface area (Å²) in [4.78, 5) is 24.4. The van der Waals surface area contributed by atoms with Crippen LogP contribution < -0.4 is 0 Å². The molecule has 3 rings (SSSR count). The van der Waals surface area contributed by atoms with Crippen LogP contribution in [0.2, 0.25) is 0 Å². The van der Waals surface area contributed by atoms with Crippen molar-refractivity contribution in [3.63, 3.8) is 0 Å². The molecule has 0 fully saturated rings. The molecule has 10 heteroatoms. The monoisotopic (exact) mass is 374 g/mol. The Balaban J connectivity index is 0.000000277. The molecule has 0 spiro atoms. The third kappa shape index (κ3) is 5.75. The first-order valence-corrected chi connectivity index (χ1v) is 8.35. The number of hydrogen-bond donors (Lipinski definition) is 1. The molecule has 0 atom stereocenters. The zero-order chi connectivity index (χ0) is 18.4. The fraction of sp³-hybridized carbons (Fsp3) is 0.467. The van der Waals surface area contributed by atoms with E-state index in [9.17, 15) is 13.2 Å². The summed E-state index contributed by atoms with van der Waals surface area (Å²) in [6.45, 7) is 5.17. The first-order chi connectivity index (χ1) is 11.8.